The topological polar surface area (TPSA) is 57.7 Å². The van der Waals surface area contributed by atoms with Crippen LogP contribution in [0, 0.1) is 0 Å². The van der Waals surface area contributed by atoms with Crippen LogP contribution in [0.25, 0.3) is 0 Å². The molecule has 0 spiro atoms. The molecular weight excluding hydrogens is 264 g/mol. The molecule has 5 nitrogen and oxygen atoms in total. The van der Waals surface area contributed by atoms with E-state index < -0.39 is 10.0 Å². The fraction of sp³-hybridized carbons (Fsp3) is 0.462. The number of carbonyl (C=O) groups excluding carboxylic acids is 1. The summed E-state index contributed by atoms with van der Waals surface area (Å²) in [4.78, 5) is 13.5. The number of hydrogen-bond acceptors (Lipinski definition) is 3. The molecular formula is C13H16N2O3S. The minimum absolute atomic E-state index is 0.0000884. The van der Waals surface area contributed by atoms with Crippen molar-refractivity contribution in [2.45, 2.75) is 30.2 Å². The summed E-state index contributed by atoms with van der Waals surface area (Å²) in [6.45, 7) is 0. The number of anilines is 1. The molecule has 2 aliphatic rings. The summed E-state index contributed by atoms with van der Waals surface area (Å²) < 4.78 is 26.2. The molecule has 1 saturated carbocycles. The Morgan fingerprint density at radius 2 is 2.00 bits per heavy atom. The minimum Gasteiger partial charge on any atom is -0.315 e. The molecule has 3 rings (SSSR count). The predicted molar refractivity (Wildman–Crippen MR) is 71.5 cm³/mol. The lowest BCUT2D eigenvalue weighted by Gasteiger charge is -2.17. The Labute approximate surface area is 112 Å². The number of rotatable bonds is 3. The Kier molecular flexibility index (Phi) is 2.69. The third-order valence-electron chi connectivity index (χ3n) is 3.87. The van der Waals surface area contributed by atoms with Crippen LogP contribution < -0.4 is 4.90 Å². The van der Waals surface area contributed by atoms with Crippen LogP contribution in [0.4, 0.5) is 5.69 Å². The highest BCUT2D eigenvalue weighted by atomic mass is 32.2. The summed E-state index contributed by atoms with van der Waals surface area (Å²) in [6, 6.07) is 5.07. The summed E-state index contributed by atoms with van der Waals surface area (Å²) in [5, 5.41) is 0. The predicted octanol–water partition coefficient (Wildman–Crippen LogP) is 0.988. The Morgan fingerprint density at radius 3 is 2.63 bits per heavy atom. The largest absolute Gasteiger partial charge is 0.315 e. The molecule has 1 fully saturated rings. The molecule has 1 aromatic carbocycles. The van der Waals surface area contributed by atoms with Crippen molar-refractivity contribution in [3.05, 3.63) is 23.8 Å². The van der Waals surface area contributed by atoms with Gasteiger partial charge in [-0.05, 0) is 36.6 Å². The van der Waals surface area contributed by atoms with Crippen LogP contribution in [0.3, 0.4) is 0 Å². The molecule has 1 aliphatic heterocycles. The summed E-state index contributed by atoms with van der Waals surface area (Å²) in [5.74, 6) is 0.0000884. The van der Waals surface area contributed by atoms with Crippen LogP contribution in [0.1, 0.15) is 18.4 Å². The van der Waals surface area contributed by atoms with Crippen LogP contribution in [0.2, 0.25) is 0 Å². The number of nitrogens with zero attached hydrogens (tertiary/aromatic N) is 2. The lowest BCUT2D eigenvalue weighted by molar-refractivity contribution is -0.117. The summed E-state index contributed by atoms with van der Waals surface area (Å²) in [5.41, 5.74) is 1.59. The highest BCUT2D eigenvalue weighted by molar-refractivity contribution is 7.89. The molecule has 1 heterocycles. The zero-order chi connectivity index (χ0) is 13.8. The third kappa shape index (κ3) is 1.95. The number of carbonyl (C=O) groups is 1. The van der Waals surface area contributed by atoms with Gasteiger partial charge >= 0.3 is 0 Å². The van der Waals surface area contributed by atoms with E-state index >= 15 is 0 Å². The van der Waals surface area contributed by atoms with E-state index in [0.29, 0.717) is 0 Å². The van der Waals surface area contributed by atoms with Crippen molar-refractivity contribution >= 4 is 21.6 Å². The summed E-state index contributed by atoms with van der Waals surface area (Å²) in [6.07, 6.45) is 2.14. The average Bonchev–Trinajstić information content (AvgIpc) is 3.17. The van der Waals surface area contributed by atoms with Gasteiger partial charge in [0.05, 0.1) is 11.3 Å². The normalized spacial score (nSPS) is 19.1. The van der Waals surface area contributed by atoms with Crippen LogP contribution >= 0.6 is 0 Å². The molecule has 0 N–H and O–H groups in total. The van der Waals surface area contributed by atoms with E-state index in [1.165, 1.54) is 4.31 Å². The van der Waals surface area contributed by atoms with Gasteiger partial charge in [-0.3, -0.25) is 4.79 Å². The summed E-state index contributed by atoms with van der Waals surface area (Å²) >= 11 is 0. The molecule has 0 aromatic heterocycles. The van der Waals surface area contributed by atoms with Crippen molar-refractivity contribution < 1.29 is 13.2 Å². The lowest BCUT2D eigenvalue weighted by atomic mass is 10.2. The average molecular weight is 280 g/mol. The fourth-order valence-electron chi connectivity index (χ4n) is 2.41. The van der Waals surface area contributed by atoms with E-state index in [9.17, 15) is 13.2 Å². The highest BCUT2D eigenvalue weighted by Gasteiger charge is 2.36. The van der Waals surface area contributed by atoms with E-state index in [0.717, 1.165) is 24.1 Å². The third-order valence-corrected chi connectivity index (χ3v) is 5.77. The van der Waals surface area contributed by atoms with E-state index in [2.05, 4.69) is 0 Å². The molecule has 0 atom stereocenters. The second kappa shape index (κ2) is 4.05. The Morgan fingerprint density at radius 1 is 1.32 bits per heavy atom. The first-order valence-electron chi connectivity index (χ1n) is 6.29. The zero-order valence-electron chi connectivity index (χ0n) is 11.0. The first kappa shape index (κ1) is 12.6. The molecule has 0 saturated heterocycles. The molecule has 19 heavy (non-hydrogen) atoms. The van der Waals surface area contributed by atoms with Gasteiger partial charge in [-0.15, -0.1) is 0 Å². The van der Waals surface area contributed by atoms with Gasteiger partial charge in [-0.2, -0.15) is 4.31 Å². The Bertz CT molecular complexity index is 650. The molecule has 102 valence electrons. The molecule has 0 bridgehead atoms. The van der Waals surface area contributed by atoms with Gasteiger partial charge in [0.2, 0.25) is 15.9 Å². The van der Waals surface area contributed by atoms with E-state index in [4.69, 9.17) is 0 Å². The SMILES string of the molecule is CN1C(=O)Cc2cc(S(=O)(=O)N(C)C3CC3)ccc21. The second-order valence-corrected chi connectivity index (χ2v) is 7.17. The van der Waals surface area contributed by atoms with Gasteiger partial charge in [-0.25, -0.2) is 8.42 Å². The quantitative estimate of drug-likeness (QED) is 0.829. The van der Waals surface area contributed by atoms with Crippen LogP contribution in [-0.2, 0) is 21.2 Å². The van der Waals surface area contributed by atoms with Crippen molar-refractivity contribution in [2.75, 3.05) is 19.0 Å². The van der Waals surface area contributed by atoms with Gasteiger partial charge < -0.3 is 4.90 Å². The van der Waals surface area contributed by atoms with Crippen LogP contribution in [-0.4, -0.2) is 38.8 Å². The molecule has 6 heteroatoms. The fourth-order valence-corrected chi connectivity index (χ4v) is 3.87. The molecule has 1 amide bonds. The van der Waals surface area contributed by atoms with Gasteiger partial charge in [0.1, 0.15) is 0 Å². The van der Waals surface area contributed by atoms with Crippen molar-refractivity contribution in [1.29, 1.82) is 0 Å². The standard InChI is InChI=1S/C13H16N2O3S/c1-14-12-6-5-11(7-9(12)8-13(14)16)19(17,18)15(2)10-3-4-10/h5-7,10H,3-4,8H2,1-2H3. The monoisotopic (exact) mass is 280 g/mol. The molecule has 0 radical (unpaired) electrons. The molecule has 1 aliphatic carbocycles. The van der Waals surface area contributed by atoms with E-state index in [-0.39, 0.29) is 23.3 Å². The number of hydrogen-bond donors (Lipinski definition) is 0. The Balaban J connectivity index is 1.99. The van der Waals surface area contributed by atoms with Gasteiger partial charge in [-0.1, -0.05) is 0 Å². The number of benzene rings is 1. The van der Waals surface area contributed by atoms with Gasteiger partial charge in [0, 0.05) is 25.8 Å². The first-order chi connectivity index (χ1) is 8.91. The number of likely N-dealkylation sites (N-methyl/N-ethyl adjacent to an activating group) is 1. The molecule has 0 unspecified atom stereocenters. The maximum atomic E-state index is 12.4. The molecule has 1 aromatic rings. The van der Waals surface area contributed by atoms with Crippen LogP contribution in [0.5, 0.6) is 0 Å². The van der Waals surface area contributed by atoms with Crippen molar-refractivity contribution in [1.82, 2.24) is 4.31 Å². The van der Waals surface area contributed by atoms with E-state index in [1.807, 2.05) is 0 Å². The Hall–Kier alpha value is -1.40. The van der Waals surface area contributed by atoms with Crippen molar-refractivity contribution in [3.8, 4) is 0 Å². The number of amides is 1. The van der Waals surface area contributed by atoms with E-state index in [1.54, 1.807) is 37.2 Å². The smallest absolute Gasteiger partial charge is 0.243 e. The minimum atomic E-state index is -3.43. The second-order valence-electron chi connectivity index (χ2n) is 5.17. The zero-order valence-corrected chi connectivity index (χ0v) is 11.8. The van der Waals surface area contributed by atoms with Crippen molar-refractivity contribution in [2.24, 2.45) is 0 Å². The maximum absolute atomic E-state index is 12.4. The summed E-state index contributed by atoms with van der Waals surface area (Å²) in [7, 11) is -0.0992. The van der Waals surface area contributed by atoms with Crippen LogP contribution in [0.15, 0.2) is 23.1 Å². The van der Waals surface area contributed by atoms with Gasteiger partial charge in [0.15, 0.2) is 0 Å². The maximum Gasteiger partial charge on any atom is 0.243 e. The first-order valence-corrected chi connectivity index (χ1v) is 7.73. The number of fused-ring (bicyclic) bond motifs is 1. The number of sulfonamides is 1. The van der Waals surface area contributed by atoms with Gasteiger partial charge in [0.25, 0.3) is 0 Å². The highest BCUT2D eigenvalue weighted by Crippen LogP contribution is 2.33. The van der Waals surface area contributed by atoms with Crippen molar-refractivity contribution in [3.63, 3.8) is 0 Å². The lowest BCUT2D eigenvalue weighted by Crippen LogP contribution is -2.29.